The molecule has 0 aliphatic heterocycles. The quantitative estimate of drug-likeness (QED) is 0.734. The number of carbonyl (C=O) groups is 1. The smallest absolute Gasteiger partial charge is 0.325 e. The highest BCUT2D eigenvalue weighted by molar-refractivity contribution is 5.93. The fourth-order valence-electron chi connectivity index (χ4n) is 1.49. The Morgan fingerprint density at radius 3 is 2.68 bits per heavy atom. The van der Waals surface area contributed by atoms with Crippen molar-refractivity contribution in [1.29, 1.82) is 0 Å². The lowest BCUT2D eigenvalue weighted by molar-refractivity contribution is 0.0948. The van der Waals surface area contributed by atoms with Crippen LogP contribution in [0.3, 0.4) is 0 Å². The Morgan fingerprint density at radius 1 is 1.26 bits per heavy atom. The minimum Gasteiger partial charge on any atom is -0.348 e. The second-order valence-corrected chi connectivity index (χ2v) is 3.76. The Bertz CT molecular complexity index is 720. The SMILES string of the molecule is O=C(NCc1ccccc1F)c1c[nH]c(=O)[nH]c1=O. The number of hydrogen-bond donors (Lipinski definition) is 3. The van der Waals surface area contributed by atoms with E-state index >= 15 is 0 Å². The number of benzene rings is 1. The number of aromatic amines is 2. The van der Waals surface area contributed by atoms with Gasteiger partial charge in [-0.15, -0.1) is 0 Å². The number of halogens is 1. The predicted octanol–water partition coefficient (Wildman–Crippen LogP) is 0.132. The van der Waals surface area contributed by atoms with Crippen LogP contribution in [-0.4, -0.2) is 15.9 Å². The van der Waals surface area contributed by atoms with Gasteiger partial charge in [-0.05, 0) is 6.07 Å². The van der Waals surface area contributed by atoms with E-state index in [0.29, 0.717) is 5.56 Å². The van der Waals surface area contributed by atoms with Gasteiger partial charge in [0.25, 0.3) is 11.5 Å². The maximum absolute atomic E-state index is 13.3. The summed E-state index contributed by atoms with van der Waals surface area (Å²) < 4.78 is 13.3. The van der Waals surface area contributed by atoms with Gasteiger partial charge in [0.1, 0.15) is 11.4 Å². The molecule has 0 aliphatic carbocycles. The third-order valence-electron chi connectivity index (χ3n) is 2.46. The fourth-order valence-corrected chi connectivity index (χ4v) is 1.49. The summed E-state index contributed by atoms with van der Waals surface area (Å²) in [4.78, 5) is 37.9. The molecule has 0 fully saturated rings. The van der Waals surface area contributed by atoms with Gasteiger partial charge >= 0.3 is 5.69 Å². The van der Waals surface area contributed by atoms with Gasteiger partial charge in [0.05, 0.1) is 0 Å². The van der Waals surface area contributed by atoms with Crippen LogP contribution >= 0.6 is 0 Å². The normalized spacial score (nSPS) is 10.2. The van der Waals surface area contributed by atoms with E-state index in [1.807, 2.05) is 4.98 Å². The summed E-state index contributed by atoms with van der Waals surface area (Å²) in [6.07, 6.45) is 1.01. The fraction of sp³-hybridized carbons (Fsp3) is 0.0833. The summed E-state index contributed by atoms with van der Waals surface area (Å²) in [5.41, 5.74) is -1.43. The van der Waals surface area contributed by atoms with Crippen molar-refractivity contribution in [2.45, 2.75) is 6.54 Å². The molecule has 1 heterocycles. The molecule has 0 atom stereocenters. The van der Waals surface area contributed by atoms with Gasteiger partial charge < -0.3 is 10.3 Å². The molecule has 0 unspecified atom stereocenters. The Morgan fingerprint density at radius 2 is 2.00 bits per heavy atom. The zero-order chi connectivity index (χ0) is 13.8. The molecule has 2 aromatic rings. The summed E-state index contributed by atoms with van der Waals surface area (Å²) in [7, 11) is 0. The molecule has 7 heteroatoms. The van der Waals surface area contributed by atoms with Gasteiger partial charge in [0.2, 0.25) is 0 Å². The van der Waals surface area contributed by atoms with Crippen molar-refractivity contribution in [2.24, 2.45) is 0 Å². The average Bonchev–Trinajstić information content (AvgIpc) is 2.37. The molecule has 0 aliphatic rings. The Kier molecular flexibility index (Phi) is 3.56. The molecule has 98 valence electrons. The van der Waals surface area contributed by atoms with Crippen molar-refractivity contribution in [3.63, 3.8) is 0 Å². The van der Waals surface area contributed by atoms with Crippen LogP contribution in [0.25, 0.3) is 0 Å². The van der Waals surface area contributed by atoms with E-state index in [2.05, 4.69) is 10.3 Å². The highest BCUT2D eigenvalue weighted by atomic mass is 19.1. The van der Waals surface area contributed by atoms with Crippen LogP contribution in [0.1, 0.15) is 15.9 Å². The summed E-state index contributed by atoms with van der Waals surface area (Å²) in [5.74, 6) is -1.14. The van der Waals surface area contributed by atoms with Crippen LogP contribution in [0.15, 0.2) is 40.1 Å². The molecule has 0 saturated carbocycles. The van der Waals surface area contributed by atoms with E-state index in [9.17, 15) is 18.8 Å². The van der Waals surface area contributed by atoms with Crippen LogP contribution in [0, 0.1) is 5.82 Å². The monoisotopic (exact) mass is 263 g/mol. The molecule has 0 saturated heterocycles. The molecule has 1 amide bonds. The predicted molar refractivity (Wildman–Crippen MR) is 65.3 cm³/mol. The van der Waals surface area contributed by atoms with Crippen molar-refractivity contribution in [3.05, 3.63) is 68.2 Å². The summed E-state index contributed by atoms with van der Waals surface area (Å²) in [6, 6.07) is 5.96. The van der Waals surface area contributed by atoms with Crippen LogP contribution in [0.5, 0.6) is 0 Å². The molecule has 1 aromatic carbocycles. The maximum Gasteiger partial charge on any atom is 0.325 e. The Hall–Kier alpha value is -2.70. The molecule has 6 nitrogen and oxygen atoms in total. The first-order chi connectivity index (χ1) is 9.08. The van der Waals surface area contributed by atoms with Crippen molar-refractivity contribution < 1.29 is 9.18 Å². The molecule has 0 radical (unpaired) electrons. The average molecular weight is 263 g/mol. The van der Waals surface area contributed by atoms with Crippen LogP contribution in [0.4, 0.5) is 4.39 Å². The highest BCUT2D eigenvalue weighted by Gasteiger charge is 2.11. The lowest BCUT2D eigenvalue weighted by atomic mass is 10.2. The standard InChI is InChI=1S/C12H10FN3O3/c13-9-4-2-1-3-7(9)5-14-10(17)8-6-15-12(19)16-11(8)18/h1-4,6H,5H2,(H,14,17)(H2,15,16,18,19). The number of carbonyl (C=O) groups excluding carboxylic acids is 1. The zero-order valence-corrected chi connectivity index (χ0v) is 9.70. The number of amides is 1. The third kappa shape index (κ3) is 2.95. The van der Waals surface area contributed by atoms with E-state index in [-0.39, 0.29) is 12.1 Å². The Labute approximate surface area is 106 Å². The third-order valence-corrected chi connectivity index (χ3v) is 2.46. The van der Waals surface area contributed by atoms with Crippen molar-refractivity contribution in [1.82, 2.24) is 15.3 Å². The number of H-pyrrole nitrogens is 2. The summed E-state index contributed by atoms with van der Waals surface area (Å²) >= 11 is 0. The minimum atomic E-state index is -0.796. The van der Waals surface area contributed by atoms with Gasteiger partial charge in [-0.3, -0.25) is 14.6 Å². The summed E-state index contributed by atoms with van der Waals surface area (Å²) in [5, 5.41) is 2.40. The minimum absolute atomic E-state index is 0.0515. The molecule has 19 heavy (non-hydrogen) atoms. The molecule has 2 rings (SSSR count). The van der Waals surface area contributed by atoms with E-state index in [4.69, 9.17) is 0 Å². The number of hydrogen-bond acceptors (Lipinski definition) is 3. The molecular weight excluding hydrogens is 253 g/mol. The van der Waals surface area contributed by atoms with Gasteiger partial charge in [0, 0.05) is 18.3 Å². The number of nitrogens with one attached hydrogen (secondary N) is 3. The lowest BCUT2D eigenvalue weighted by Crippen LogP contribution is -2.33. The first-order valence-corrected chi connectivity index (χ1v) is 5.41. The van der Waals surface area contributed by atoms with E-state index < -0.39 is 23.0 Å². The van der Waals surface area contributed by atoms with Gasteiger partial charge in [0.15, 0.2) is 0 Å². The molecule has 1 aromatic heterocycles. The van der Waals surface area contributed by atoms with Gasteiger partial charge in [-0.1, -0.05) is 18.2 Å². The van der Waals surface area contributed by atoms with E-state index in [0.717, 1.165) is 6.20 Å². The van der Waals surface area contributed by atoms with Crippen LogP contribution in [-0.2, 0) is 6.54 Å². The Balaban J connectivity index is 2.12. The van der Waals surface area contributed by atoms with Crippen LogP contribution < -0.4 is 16.6 Å². The maximum atomic E-state index is 13.3. The largest absolute Gasteiger partial charge is 0.348 e. The van der Waals surface area contributed by atoms with E-state index in [1.165, 1.54) is 18.2 Å². The molecular formula is C12H10FN3O3. The second-order valence-electron chi connectivity index (χ2n) is 3.76. The number of rotatable bonds is 3. The zero-order valence-electron chi connectivity index (χ0n) is 9.70. The molecule has 0 spiro atoms. The van der Waals surface area contributed by atoms with Crippen molar-refractivity contribution in [3.8, 4) is 0 Å². The first kappa shape index (κ1) is 12.7. The van der Waals surface area contributed by atoms with Crippen molar-refractivity contribution in [2.75, 3.05) is 0 Å². The highest BCUT2D eigenvalue weighted by Crippen LogP contribution is 2.05. The summed E-state index contributed by atoms with van der Waals surface area (Å²) in [6.45, 7) is -0.0515. The molecule has 0 bridgehead atoms. The lowest BCUT2D eigenvalue weighted by Gasteiger charge is -2.05. The van der Waals surface area contributed by atoms with Crippen molar-refractivity contribution >= 4 is 5.91 Å². The van der Waals surface area contributed by atoms with E-state index in [1.54, 1.807) is 6.07 Å². The first-order valence-electron chi connectivity index (χ1n) is 5.41. The molecule has 3 N–H and O–H groups in total. The topological polar surface area (TPSA) is 94.8 Å². The number of aromatic nitrogens is 2. The second kappa shape index (κ2) is 5.30. The van der Waals surface area contributed by atoms with Gasteiger partial charge in [-0.25, -0.2) is 9.18 Å². The van der Waals surface area contributed by atoms with Crippen LogP contribution in [0.2, 0.25) is 0 Å². The van der Waals surface area contributed by atoms with Gasteiger partial charge in [-0.2, -0.15) is 0 Å².